The van der Waals surface area contributed by atoms with Gasteiger partial charge in [-0.1, -0.05) is 40.2 Å². The summed E-state index contributed by atoms with van der Waals surface area (Å²) in [6, 6.07) is 14.5. The van der Waals surface area contributed by atoms with Crippen molar-refractivity contribution < 1.29 is 8.42 Å². The predicted octanol–water partition coefficient (Wildman–Crippen LogP) is 3.41. The molecule has 0 aromatic heterocycles. The molecule has 0 bridgehead atoms. The van der Waals surface area contributed by atoms with E-state index < -0.39 is 10.0 Å². The van der Waals surface area contributed by atoms with Crippen LogP contribution in [0.2, 0.25) is 0 Å². The van der Waals surface area contributed by atoms with Gasteiger partial charge in [-0.3, -0.25) is 0 Å². The molecule has 0 unspecified atom stereocenters. The third-order valence-corrected chi connectivity index (χ3v) is 5.57. The van der Waals surface area contributed by atoms with E-state index in [1.54, 1.807) is 24.3 Å². The Bertz CT molecular complexity index is 726. The van der Waals surface area contributed by atoms with Gasteiger partial charge in [-0.2, -0.15) is 0 Å². The first-order valence-electron chi connectivity index (χ1n) is 6.42. The van der Waals surface area contributed by atoms with Crippen LogP contribution in [0, 0.1) is 0 Å². The molecule has 20 heavy (non-hydrogen) atoms. The molecular weight excluding hydrogens is 338 g/mol. The summed E-state index contributed by atoms with van der Waals surface area (Å²) in [6.07, 6.45) is 1.73. The van der Waals surface area contributed by atoms with E-state index in [2.05, 4.69) is 26.7 Å². The quantitative estimate of drug-likeness (QED) is 0.920. The van der Waals surface area contributed by atoms with Crippen molar-refractivity contribution in [1.29, 1.82) is 0 Å². The fraction of sp³-hybridized carbons (Fsp3) is 0.200. The molecule has 0 radical (unpaired) electrons. The number of rotatable bonds is 3. The first-order chi connectivity index (χ1) is 9.56. The monoisotopic (exact) mass is 351 g/mol. The number of fused-ring (bicyclic) bond motifs is 1. The molecule has 3 nitrogen and oxygen atoms in total. The van der Waals surface area contributed by atoms with Crippen LogP contribution in [-0.2, 0) is 16.4 Å². The minimum Gasteiger partial charge on any atom is -0.207 e. The Kier molecular flexibility index (Phi) is 3.67. The van der Waals surface area contributed by atoms with Gasteiger partial charge in [0.2, 0.25) is 10.0 Å². The van der Waals surface area contributed by atoms with Gasteiger partial charge in [0.25, 0.3) is 0 Å². The molecule has 104 valence electrons. The average Bonchev–Trinajstić information content (AvgIpc) is 2.82. The van der Waals surface area contributed by atoms with E-state index in [0.29, 0.717) is 4.90 Å². The summed E-state index contributed by atoms with van der Waals surface area (Å²) in [5, 5.41) is 0. The Morgan fingerprint density at radius 3 is 2.50 bits per heavy atom. The predicted molar refractivity (Wildman–Crippen MR) is 82.0 cm³/mol. The molecule has 1 atom stereocenters. The molecule has 0 aliphatic heterocycles. The largest absolute Gasteiger partial charge is 0.241 e. The van der Waals surface area contributed by atoms with Crippen LogP contribution in [0.25, 0.3) is 0 Å². The van der Waals surface area contributed by atoms with Crippen molar-refractivity contribution in [2.45, 2.75) is 23.8 Å². The van der Waals surface area contributed by atoms with Crippen LogP contribution in [0.15, 0.2) is 57.9 Å². The number of sulfonamides is 1. The smallest absolute Gasteiger partial charge is 0.207 e. The molecule has 1 aliphatic rings. The molecule has 0 saturated heterocycles. The summed E-state index contributed by atoms with van der Waals surface area (Å²) in [4.78, 5) is 0.296. The molecule has 0 saturated carbocycles. The van der Waals surface area contributed by atoms with Gasteiger partial charge in [0.15, 0.2) is 0 Å². The Morgan fingerprint density at radius 1 is 1.05 bits per heavy atom. The Hall–Kier alpha value is -1.17. The lowest BCUT2D eigenvalue weighted by Gasteiger charge is -2.14. The molecule has 2 aromatic rings. The number of nitrogens with one attached hydrogen (secondary N) is 1. The van der Waals surface area contributed by atoms with Gasteiger partial charge in [0.05, 0.1) is 4.90 Å². The minimum atomic E-state index is -3.47. The normalized spacial score (nSPS) is 17.9. The lowest BCUT2D eigenvalue weighted by molar-refractivity contribution is 0.554. The van der Waals surface area contributed by atoms with Crippen LogP contribution >= 0.6 is 15.9 Å². The lowest BCUT2D eigenvalue weighted by Crippen LogP contribution is -2.27. The second-order valence-electron chi connectivity index (χ2n) is 4.87. The summed E-state index contributed by atoms with van der Waals surface area (Å²) in [7, 11) is -3.47. The summed E-state index contributed by atoms with van der Waals surface area (Å²) in [5.41, 5.74) is 2.32. The summed E-state index contributed by atoms with van der Waals surface area (Å²) >= 11 is 3.31. The van der Waals surface area contributed by atoms with E-state index in [1.165, 1.54) is 5.56 Å². The summed E-state index contributed by atoms with van der Waals surface area (Å²) in [5.74, 6) is 0. The second-order valence-corrected chi connectivity index (χ2v) is 7.49. The van der Waals surface area contributed by atoms with E-state index in [0.717, 1.165) is 22.9 Å². The SMILES string of the molecule is O=S(=O)(N[C@H]1CCc2ccccc21)c1ccc(Br)cc1. The molecule has 1 aliphatic carbocycles. The first-order valence-corrected chi connectivity index (χ1v) is 8.69. The van der Waals surface area contributed by atoms with Crippen LogP contribution in [0.1, 0.15) is 23.6 Å². The van der Waals surface area contributed by atoms with E-state index in [-0.39, 0.29) is 6.04 Å². The highest BCUT2D eigenvalue weighted by Gasteiger charge is 2.26. The molecule has 2 aromatic carbocycles. The van der Waals surface area contributed by atoms with Crippen molar-refractivity contribution in [3.05, 3.63) is 64.1 Å². The zero-order valence-corrected chi connectivity index (χ0v) is 13.1. The van der Waals surface area contributed by atoms with Crippen molar-refractivity contribution in [1.82, 2.24) is 4.72 Å². The minimum absolute atomic E-state index is 0.125. The maximum Gasteiger partial charge on any atom is 0.241 e. The van der Waals surface area contributed by atoms with Gasteiger partial charge in [-0.05, 0) is 48.2 Å². The molecule has 3 rings (SSSR count). The molecule has 5 heteroatoms. The molecular formula is C15H14BrNO2S. The van der Waals surface area contributed by atoms with E-state index in [1.807, 2.05) is 18.2 Å². The fourth-order valence-electron chi connectivity index (χ4n) is 2.55. The number of benzene rings is 2. The van der Waals surface area contributed by atoms with Crippen LogP contribution in [0.5, 0.6) is 0 Å². The second kappa shape index (κ2) is 5.31. The summed E-state index contributed by atoms with van der Waals surface area (Å²) in [6.45, 7) is 0. The third kappa shape index (κ3) is 2.66. The van der Waals surface area contributed by atoms with E-state index in [4.69, 9.17) is 0 Å². The van der Waals surface area contributed by atoms with Crippen molar-refractivity contribution in [3.63, 3.8) is 0 Å². The van der Waals surface area contributed by atoms with Crippen molar-refractivity contribution in [2.75, 3.05) is 0 Å². The Morgan fingerprint density at radius 2 is 1.75 bits per heavy atom. The van der Waals surface area contributed by atoms with Crippen LogP contribution < -0.4 is 4.72 Å². The maximum absolute atomic E-state index is 12.4. The standard InChI is InChI=1S/C15H14BrNO2S/c16-12-6-8-13(9-7-12)20(18,19)17-15-10-5-11-3-1-2-4-14(11)15/h1-4,6-9,15,17H,5,10H2/t15-/m0/s1. The first kappa shape index (κ1) is 13.8. The average molecular weight is 352 g/mol. The topological polar surface area (TPSA) is 46.2 Å². The van der Waals surface area contributed by atoms with Crippen LogP contribution in [0.4, 0.5) is 0 Å². The van der Waals surface area contributed by atoms with Crippen molar-refractivity contribution >= 4 is 26.0 Å². The highest BCUT2D eigenvalue weighted by atomic mass is 79.9. The summed E-state index contributed by atoms with van der Waals surface area (Å²) < 4.78 is 28.4. The fourth-order valence-corrected chi connectivity index (χ4v) is 4.06. The highest BCUT2D eigenvalue weighted by Crippen LogP contribution is 2.32. The van der Waals surface area contributed by atoms with Gasteiger partial charge in [-0.15, -0.1) is 0 Å². The van der Waals surface area contributed by atoms with Gasteiger partial charge in [0.1, 0.15) is 0 Å². The number of aryl methyl sites for hydroxylation is 1. The lowest BCUT2D eigenvalue weighted by atomic mass is 10.1. The third-order valence-electron chi connectivity index (χ3n) is 3.55. The highest BCUT2D eigenvalue weighted by molar-refractivity contribution is 9.10. The van der Waals surface area contributed by atoms with Crippen LogP contribution in [-0.4, -0.2) is 8.42 Å². The molecule has 0 spiro atoms. The van der Waals surface area contributed by atoms with Crippen LogP contribution in [0.3, 0.4) is 0 Å². The van der Waals surface area contributed by atoms with Crippen molar-refractivity contribution in [3.8, 4) is 0 Å². The van der Waals surface area contributed by atoms with E-state index >= 15 is 0 Å². The van der Waals surface area contributed by atoms with Gasteiger partial charge >= 0.3 is 0 Å². The van der Waals surface area contributed by atoms with Gasteiger partial charge in [-0.25, -0.2) is 13.1 Å². The number of hydrogen-bond donors (Lipinski definition) is 1. The zero-order valence-electron chi connectivity index (χ0n) is 10.7. The van der Waals surface area contributed by atoms with Gasteiger partial charge in [0, 0.05) is 10.5 Å². The molecule has 0 fully saturated rings. The zero-order chi connectivity index (χ0) is 14.2. The number of halogens is 1. The number of hydrogen-bond acceptors (Lipinski definition) is 2. The van der Waals surface area contributed by atoms with Crippen molar-refractivity contribution in [2.24, 2.45) is 0 Å². The Labute approximate surface area is 127 Å². The molecule has 1 N–H and O–H groups in total. The molecule has 0 heterocycles. The van der Waals surface area contributed by atoms with E-state index in [9.17, 15) is 8.42 Å². The Balaban J connectivity index is 1.86. The van der Waals surface area contributed by atoms with Gasteiger partial charge < -0.3 is 0 Å². The maximum atomic E-state index is 12.4. The molecule has 0 amide bonds.